The molecule has 21 heavy (non-hydrogen) atoms. The molecule has 0 amide bonds. The molecule has 0 aromatic heterocycles. The Morgan fingerprint density at radius 1 is 1.19 bits per heavy atom. The maximum Gasteiger partial charge on any atom is 0.161 e. The van der Waals surface area contributed by atoms with Crippen LogP contribution in [-0.2, 0) is 6.61 Å². The normalized spacial score (nSPS) is 12.0. The Kier molecular flexibility index (Phi) is 5.20. The van der Waals surface area contributed by atoms with Crippen LogP contribution < -0.4 is 15.2 Å². The van der Waals surface area contributed by atoms with Gasteiger partial charge in [-0.1, -0.05) is 28.1 Å². The lowest BCUT2D eigenvalue weighted by molar-refractivity contribution is 0.279. The summed E-state index contributed by atoms with van der Waals surface area (Å²) in [4.78, 5) is 0. The first kappa shape index (κ1) is 15.8. The van der Waals surface area contributed by atoms with Crippen molar-refractivity contribution in [3.05, 3.63) is 57.8 Å². The van der Waals surface area contributed by atoms with Crippen LogP contribution in [0.1, 0.15) is 24.1 Å². The Hall–Kier alpha value is -1.59. The van der Waals surface area contributed by atoms with Crippen molar-refractivity contribution in [3.63, 3.8) is 0 Å². The summed E-state index contributed by atoms with van der Waals surface area (Å²) in [5, 5.41) is 0. The van der Waals surface area contributed by atoms with E-state index in [4.69, 9.17) is 15.2 Å². The molecule has 2 aromatic carbocycles. The number of ether oxygens (including phenoxy) is 2. The smallest absolute Gasteiger partial charge is 0.161 e. The van der Waals surface area contributed by atoms with Gasteiger partial charge in [-0.3, -0.25) is 0 Å². The van der Waals surface area contributed by atoms with Crippen molar-refractivity contribution in [1.29, 1.82) is 0 Å². The molecule has 5 heteroatoms. The third-order valence-corrected chi connectivity index (χ3v) is 3.61. The third kappa shape index (κ3) is 3.95. The molecule has 2 rings (SSSR count). The first-order valence-corrected chi connectivity index (χ1v) is 7.31. The fourth-order valence-corrected chi connectivity index (χ4v) is 2.21. The summed E-state index contributed by atoms with van der Waals surface area (Å²) in [6, 6.07) is 10.3. The van der Waals surface area contributed by atoms with Gasteiger partial charge >= 0.3 is 0 Å². The zero-order valence-corrected chi connectivity index (χ0v) is 13.5. The maximum absolute atomic E-state index is 13.7. The predicted octanol–water partition coefficient (Wildman–Crippen LogP) is 4.20. The number of hydrogen-bond donors (Lipinski definition) is 1. The van der Waals surface area contributed by atoms with E-state index in [2.05, 4.69) is 15.9 Å². The van der Waals surface area contributed by atoms with E-state index in [1.807, 2.05) is 19.1 Å². The first-order chi connectivity index (χ1) is 10.0. The van der Waals surface area contributed by atoms with Gasteiger partial charge in [-0.05, 0) is 36.8 Å². The van der Waals surface area contributed by atoms with E-state index in [0.717, 1.165) is 5.56 Å². The van der Waals surface area contributed by atoms with Gasteiger partial charge < -0.3 is 15.2 Å². The molecule has 3 nitrogen and oxygen atoms in total. The molecule has 0 aliphatic rings. The van der Waals surface area contributed by atoms with Crippen molar-refractivity contribution in [3.8, 4) is 11.5 Å². The second-order valence-corrected chi connectivity index (χ2v) is 5.64. The molecule has 0 aliphatic carbocycles. The lowest BCUT2D eigenvalue weighted by atomic mass is 10.1. The molecule has 0 radical (unpaired) electrons. The van der Waals surface area contributed by atoms with Crippen molar-refractivity contribution in [2.24, 2.45) is 5.73 Å². The number of benzene rings is 2. The van der Waals surface area contributed by atoms with Gasteiger partial charge in [0.15, 0.2) is 11.5 Å². The molecule has 112 valence electrons. The van der Waals surface area contributed by atoms with E-state index in [9.17, 15) is 4.39 Å². The van der Waals surface area contributed by atoms with Gasteiger partial charge in [-0.2, -0.15) is 0 Å². The van der Waals surface area contributed by atoms with Gasteiger partial charge in [0.25, 0.3) is 0 Å². The van der Waals surface area contributed by atoms with Crippen molar-refractivity contribution >= 4 is 15.9 Å². The van der Waals surface area contributed by atoms with Crippen LogP contribution in [0.2, 0.25) is 0 Å². The summed E-state index contributed by atoms with van der Waals surface area (Å²) in [5.74, 6) is 0.835. The van der Waals surface area contributed by atoms with Crippen LogP contribution in [0.15, 0.2) is 40.9 Å². The van der Waals surface area contributed by atoms with Gasteiger partial charge in [0.05, 0.1) is 7.11 Å². The van der Waals surface area contributed by atoms with E-state index < -0.39 is 0 Å². The standard InChI is InChI=1S/C16H17BrFNO2/c1-10(19)11-4-6-15(16(7-11)20-2)21-9-12-3-5-13(17)8-14(12)18/h3-8,10H,9,19H2,1-2H3/t10-/m1/s1. The summed E-state index contributed by atoms with van der Waals surface area (Å²) in [6.07, 6.45) is 0. The average molecular weight is 354 g/mol. The molecule has 0 aliphatic heterocycles. The Morgan fingerprint density at radius 3 is 2.57 bits per heavy atom. The number of halogens is 2. The Balaban J connectivity index is 2.16. The number of rotatable bonds is 5. The van der Waals surface area contributed by atoms with Gasteiger partial charge in [-0.25, -0.2) is 4.39 Å². The third-order valence-electron chi connectivity index (χ3n) is 3.11. The molecule has 1 atom stereocenters. The number of methoxy groups -OCH3 is 1. The quantitative estimate of drug-likeness (QED) is 0.876. The predicted molar refractivity (Wildman–Crippen MR) is 84.0 cm³/mol. The minimum absolute atomic E-state index is 0.0862. The van der Waals surface area contributed by atoms with Gasteiger partial charge in [0.2, 0.25) is 0 Å². The lowest BCUT2D eigenvalue weighted by Gasteiger charge is -2.14. The van der Waals surface area contributed by atoms with Gasteiger partial charge in [0, 0.05) is 16.1 Å². The highest BCUT2D eigenvalue weighted by Crippen LogP contribution is 2.30. The summed E-state index contributed by atoms with van der Waals surface area (Å²) in [7, 11) is 1.56. The minimum atomic E-state index is -0.310. The van der Waals surface area contributed by atoms with Crippen molar-refractivity contribution < 1.29 is 13.9 Å². The van der Waals surface area contributed by atoms with E-state index in [1.54, 1.807) is 25.3 Å². The van der Waals surface area contributed by atoms with Crippen LogP contribution in [0.4, 0.5) is 4.39 Å². The number of hydrogen-bond acceptors (Lipinski definition) is 3. The Bertz CT molecular complexity index is 632. The molecule has 2 N–H and O–H groups in total. The molecule has 0 unspecified atom stereocenters. The van der Waals surface area contributed by atoms with Crippen LogP contribution in [0.5, 0.6) is 11.5 Å². The Labute approximate surface area is 132 Å². The summed E-state index contributed by atoms with van der Waals surface area (Å²) >= 11 is 3.22. The van der Waals surface area contributed by atoms with Gasteiger partial charge in [-0.15, -0.1) is 0 Å². The summed E-state index contributed by atoms with van der Waals surface area (Å²) < 4.78 is 25.4. The molecule has 2 aromatic rings. The largest absolute Gasteiger partial charge is 0.493 e. The Morgan fingerprint density at radius 2 is 1.95 bits per heavy atom. The molecule has 0 saturated carbocycles. The molecule has 0 saturated heterocycles. The van der Waals surface area contributed by atoms with E-state index in [1.165, 1.54) is 6.07 Å². The van der Waals surface area contributed by atoms with Crippen molar-refractivity contribution in [2.75, 3.05) is 7.11 Å². The lowest BCUT2D eigenvalue weighted by Crippen LogP contribution is -2.06. The highest BCUT2D eigenvalue weighted by atomic mass is 79.9. The monoisotopic (exact) mass is 353 g/mol. The van der Waals surface area contributed by atoms with Crippen LogP contribution in [0, 0.1) is 5.82 Å². The van der Waals surface area contributed by atoms with E-state index >= 15 is 0 Å². The zero-order valence-electron chi connectivity index (χ0n) is 11.9. The minimum Gasteiger partial charge on any atom is -0.493 e. The fourth-order valence-electron chi connectivity index (χ4n) is 1.88. The van der Waals surface area contributed by atoms with Crippen LogP contribution in [-0.4, -0.2) is 7.11 Å². The van der Waals surface area contributed by atoms with E-state index in [0.29, 0.717) is 21.5 Å². The van der Waals surface area contributed by atoms with Crippen molar-refractivity contribution in [1.82, 2.24) is 0 Å². The number of nitrogens with two attached hydrogens (primary N) is 1. The SMILES string of the molecule is COc1cc([C@@H](C)N)ccc1OCc1ccc(Br)cc1F. The molecular weight excluding hydrogens is 337 g/mol. The second-order valence-electron chi connectivity index (χ2n) is 4.72. The highest BCUT2D eigenvalue weighted by Gasteiger charge is 2.10. The topological polar surface area (TPSA) is 44.5 Å². The molecular formula is C16H17BrFNO2. The maximum atomic E-state index is 13.7. The summed E-state index contributed by atoms with van der Waals surface area (Å²) in [5.41, 5.74) is 7.27. The fraction of sp³-hybridized carbons (Fsp3) is 0.250. The first-order valence-electron chi connectivity index (χ1n) is 6.51. The van der Waals surface area contributed by atoms with Crippen LogP contribution in [0.3, 0.4) is 0 Å². The zero-order chi connectivity index (χ0) is 15.4. The van der Waals surface area contributed by atoms with E-state index in [-0.39, 0.29) is 18.5 Å². The molecule has 0 heterocycles. The van der Waals surface area contributed by atoms with Crippen molar-refractivity contribution in [2.45, 2.75) is 19.6 Å². The molecule has 0 spiro atoms. The average Bonchev–Trinajstić information content (AvgIpc) is 2.46. The van der Waals surface area contributed by atoms with Crippen LogP contribution >= 0.6 is 15.9 Å². The second kappa shape index (κ2) is 6.91. The molecule has 0 fully saturated rings. The highest BCUT2D eigenvalue weighted by molar-refractivity contribution is 9.10. The van der Waals surface area contributed by atoms with Gasteiger partial charge in [0.1, 0.15) is 12.4 Å². The molecule has 0 bridgehead atoms. The summed E-state index contributed by atoms with van der Waals surface area (Å²) in [6.45, 7) is 2.03. The van der Waals surface area contributed by atoms with Crippen LogP contribution in [0.25, 0.3) is 0 Å².